The molecule has 0 unspecified atom stereocenters. The van der Waals surface area contributed by atoms with Gasteiger partial charge in [-0.1, -0.05) is 38.1 Å². The van der Waals surface area contributed by atoms with Crippen molar-refractivity contribution in [3.8, 4) is 22.7 Å². The number of pyridine rings is 1. The third-order valence-electron chi connectivity index (χ3n) is 6.37. The molecular weight excluding hydrogens is 460 g/mol. The number of fused-ring (bicyclic) bond motifs is 2. The molecule has 6 rings (SSSR count). The van der Waals surface area contributed by atoms with Crippen molar-refractivity contribution in [2.24, 2.45) is 9.98 Å². The van der Waals surface area contributed by atoms with Crippen LogP contribution in [0.2, 0.25) is 0 Å². The summed E-state index contributed by atoms with van der Waals surface area (Å²) in [4.78, 5) is 17.1. The number of aromatic nitrogens is 2. The fourth-order valence-corrected chi connectivity index (χ4v) is 4.54. The molecule has 7 nitrogen and oxygen atoms in total. The molecule has 3 N–H and O–H groups in total. The number of hydrogen-bond donors (Lipinski definition) is 3. The van der Waals surface area contributed by atoms with Crippen molar-refractivity contribution in [2.45, 2.75) is 20.3 Å². The normalized spacial score (nSPS) is 13.6. The Balaban J connectivity index is 0.00000137. The van der Waals surface area contributed by atoms with Crippen LogP contribution in [0, 0.1) is 0 Å². The summed E-state index contributed by atoms with van der Waals surface area (Å²) in [5.74, 6) is 2.58. The Bertz CT molecular complexity index is 1590. The average Bonchev–Trinajstić information content (AvgIpc) is 3.59. The van der Waals surface area contributed by atoms with Crippen molar-refractivity contribution in [1.82, 2.24) is 20.6 Å². The molecule has 2 aromatic carbocycles. The molecule has 7 heteroatoms. The first kappa shape index (κ1) is 24.3. The van der Waals surface area contributed by atoms with Gasteiger partial charge in [-0.15, -0.1) is 0 Å². The second-order valence-corrected chi connectivity index (χ2v) is 8.61. The molecule has 1 aliphatic heterocycles. The number of H-pyrrole nitrogens is 1. The molecule has 0 bridgehead atoms. The third kappa shape index (κ3) is 4.85. The quantitative estimate of drug-likeness (QED) is 0.212. The average molecular weight is 493 g/mol. The van der Waals surface area contributed by atoms with E-state index < -0.39 is 0 Å². The zero-order valence-corrected chi connectivity index (χ0v) is 21.7. The van der Waals surface area contributed by atoms with Gasteiger partial charge in [0.15, 0.2) is 0 Å². The highest BCUT2D eigenvalue weighted by molar-refractivity contribution is 6.03. The number of aromatic amines is 1. The van der Waals surface area contributed by atoms with E-state index in [1.807, 2.05) is 57.4 Å². The fraction of sp³-hybridized carbons (Fsp3) is 0.233. The molecule has 0 aliphatic carbocycles. The maximum Gasteiger partial charge on any atom is 0.136 e. The van der Waals surface area contributed by atoms with Crippen LogP contribution in [0.3, 0.4) is 0 Å². The Morgan fingerprint density at radius 1 is 0.973 bits per heavy atom. The largest absolute Gasteiger partial charge is 0.456 e. The van der Waals surface area contributed by atoms with Crippen LogP contribution in [0.1, 0.15) is 31.4 Å². The molecule has 37 heavy (non-hydrogen) atoms. The minimum absolute atomic E-state index is 0.790. The molecule has 4 heterocycles. The van der Waals surface area contributed by atoms with Crippen LogP contribution in [0.5, 0.6) is 0 Å². The standard InChI is InChI=1S/C28H26N6O.C2H6/c1-29-27(30-2)20-7-5-18-14-26(35-25(18)15-20)21-8-9-22(33-16-21)24-12-17-4-6-19(13-23(17)34-24)28-31-10-3-11-32-28;1-2/h4-9,12-16,34H,3,10-11H2,1-2H3,(H,29,30)(H,31,32);1-2H3. The summed E-state index contributed by atoms with van der Waals surface area (Å²) in [5.41, 5.74) is 6.79. The summed E-state index contributed by atoms with van der Waals surface area (Å²) in [6.45, 7) is 5.85. The Hall–Kier alpha value is -4.39. The maximum absolute atomic E-state index is 6.15. The van der Waals surface area contributed by atoms with Gasteiger partial charge in [0.25, 0.3) is 0 Å². The highest BCUT2D eigenvalue weighted by atomic mass is 16.3. The molecule has 0 atom stereocenters. The van der Waals surface area contributed by atoms with E-state index >= 15 is 0 Å². The number of furan rings is 1. The van der Waals surface area contributed by atoms with Gasteiger partial charge in [-0.2, -0.15) is 0 Å². The third-order valence-corrected chi connectivity index (χ3v) is 6.37. The monoisotopic (exact) mass is 492 g/mol. The molecule has 1 aliphatic rings. The van der Waals surface area contributed by atoms with Gasteiger partial charge >= 0.3 is 0 Å². The molecular formula is C30H32N6O. The highest BCUT2D eigenvalue weighted by Gasteiger charge is 2.12. The SMILES string of the molecule is CC.CN=C(NC)c1ccc2cc(-c3ccc(-c4cc5ccc(C6=NCCCN6)cc5[nH]4)nc3)oc2c1. The number of aliphatic imine (C=N–C) groups is 2. The number of benzene rings is 2. The first-order valence-corrected chi connectivity index (χ1v) is 12.8. The maximum atomic E-state index is 6.15. The predicted octanol–water partition coefficient (Wildman–Crippen LogP) is 6.01. The van der Waals surface area contributed by atoms with Crippen LogP contribution in [0.25, 0.3) is 44.6 Å². The van der Waals surface area contributed by atoms with E-state index in [9.17, 15) is 0 Å². The minimum Gasteiger partial charge on any atom is -0.456 e. The molecule has 188 valence electrons. The molecule has 0 radical (unpaired) electrons. The number of nitrogens with one attached hydrogen (secondary N) is 3. The molecule has 0 spiro atoms. The lowest BCUT2D eigenvalue weighted by molar-refractivity contribution is 0.631. The summed E-state index contributed by atoms with van der Waals surface area (Å²) >= 11 is 0. The second kappa shape index (κ2) is 10.7. The number of hydrogen-bond acceptors (Lipinski definition) is 5. The van der Waals surface area contributed by atoms with Crippen LogP contribution >= 0.6 is 0 Å². The first-order valence-electron chi connectivity index (χ1n) is 12.8. The minimum atomic E-state index is 0.790. The van der Waals surface area contributed by atoms with Crippen molar-refractivity contribution in [3.63, 3.8) is 0 Å². The lowest BCUT2D eigenvalue weighted by Crippen LogP contribution is -2.30. The second-order valence-electron chi connectivity index (χ2n) is 8.61. The predicted molar refractivity (Wildman–Crippen MR) is 154 cm³/mol. The smallest absolute Gasteiger partial charge is 0.136 e. The van der Waals surface area contributed by atoms with Crippen molar-refractivity contribution in [3.05, 3.63) is 78.0 Å². The Morgan fingerprint density at radius 3 is 2.54 bits per heavy atom. The van der Waals surface area contributed by atoms with Gasteiger partial charge < -0.3 is 20.0 Å². The zero-order valence-electron chi connectivity index (χ0n) is 21.7. The molecule has 3 aromatic heterocycles. The van der Waals surface area contributed by atoms with Crippen LogP contribution < -0.4 is 10.6 Å². The number of nitrogens with zero attached hydrogens (tertiary/aromatic N) is 3. The van der Waals surface area contributed by atoms with Crippen molar-refractivity contribution in [1.29, 1.82) is 0 Å². The first-order chi connectivity index (χ1) is 18.2. The van der Waals surface area contributed by atoms with Gasteiger partial charge in [-0.05, 0) is 42.8 Å². The van der Waals surface area contributed by atoms with Gasteiger partial charge in [0.1, 0.15) is 23.0 Å². The summed E-state index contributed by atoms with van der Waals surface area (Å²) in [7, 11) is 3.63. The zero-order chi connectivity index (χ0) is 25.8. The molecule has 5 aromatic rings. The van der Waals surface area contributed by atoms with Crippen LogP contribution in [0.4, 0.5) is 0 Å². The lowest BCUT2D eigenvalue weighted by atomic mass is 10.1. The van der Waals surface area contributed by atoms with E-state index in [0.717, 1.165) is 86.9 Å². The molecule has 0 amide bonds. The van der Waals surface area contributed by atoms with Crippen LogP contribution in [-0.4, -0.2) is 48.8 Å². The number of amidine groups is 2. The van der Waals surface area contributed by atoms with Crippen molar-refractivity contribution >= 4 is 33.5 Å². The van der Waals surface area contributed by atoms with E-state index in [4.69, 9.17) is 9.40 Å². The van der Waals surface area contributed by atoms with Gasteiger partial charge in [-0.3, -0.25) is 15.0 Å². The van der Waals surface area contributed by atoms with E-state index in [1.54, 1.807) is 7.05 Å². The lowest BCUT2D eigenvalue weighted by Gasteiger charge is -2.14. The van der Waals surface area contributed by atoms with E-state index in [2.05, 4.69) is 55.9 Å². The van der Waals surface area contributed by atoms with Gasteiger partial charge in [0.05, 0.1) is 11.4 Å². The Kier molecular flexibility index (Phi) is 7.03. The summed E-state index contributed by atoms with van der Waals surface area (Å²) in [6, 6.07) is 20.7. The van der Waals surface area contributed by atoms with Gasteiger partial charge in [0, 0.05) is 66.4 Å². The molecule has 0 saturated heterocycles. The fourth-order valence-electron chi connectivity index (χ4n) is 4.54. The summed E-state index contributed by atoms with van der Waals surface area (Å²) in [5, 5.41) is 8.69. The Morgan fingerprint density at radius 2 is 1.81 bits per heavy atom. The van der Waals surface area contributed by atoms with E-state index in [0.29, 0.717) is 0 Å². The molecule has 0 fully saturated rings. The van der Waals surface area contributed by atoms with Crippen LogP contribution in [-0.2, 0) is 0 Å². The van der Waals surface area contributed by atoms with Crippen LogP contribution in [0.15, 0.2) is 81.3 Å². The highest BCUT2D eigenvalue weighted by Crippen LogP contribution is 2.30. The Labute approximate surface area is 216 Å². The summed E-state index contributed by atoms with van der Waals surface area (Å²) < 4.78 is 6.15. The van der Waals surface area contributed by atoms with E-state index in [-0.39, 0.29) is 0 Å². The topological polar surface area (TPSA) is 90.6 Å². The van der Waals surface area contributed by atoms with Crippen molar-refractivity contribution in [2.75, 3.05) is 27.2 Å². The van der Waals surface area contributed by atoms with E-state index in [1.165, 1.54) is 0 Å². The van der Waals surface area contributed by atoms with Crippen molar-refractivity contribution < 1.29 is 4.42 Å². The molecule has 0 saturated carbocycles. The van der Waals surface area contributed by atoms with Gasteiger partial charge in [0.2, 0.25) is 0 Å². The number of rotatable bonds is 4. The van der Waals surface area contributed by atoms with Gasteiger partial charge in [-0.25, -0.2) is 0 Å². The summed E-state index contributed by atoms with van der Waals surface area (Å²) in [6.07, 6.45) is 2.94.